The summed E-state index contributed by atoms with van der Waals surface area (Å²) < 4.78 is 6.47. The van der Waals surface area contributed by atoms with Crippen LogP contribution >= 0.6 is 0 Å². The highest BCUT2D eigenvalue weighted by molar-refractivity contribution is 6.24. The van der Waals surface area contributed by atoms with E-state index in [0.29, 0.717) is 0 Å². The molecule has 15 rings (SSSR count). The second kappa shape index (κ2) is 12.4. The Kier molecular flexibility index (Phi) is 6.67. The highest BCUT2D eigenvalue weighted by Crippen LogP contribution is 2.64. The van der Waals surface area contributed by atoms with Gasteiger partial charge in [-0.15, -0.1) is 0 Å². The molecule has 1 nitrogen and oxygen atoms in total. The van der Waals surface area contributed by atoms with Gasteiger partial charge in [0.1, 0.15) is 11.2 Å². The zero-order valence-corrected chi connectivity index (χ0v) is 34.7. The van der Waals surface area contributed by atoms with Crippen molar-refractivity contribution >= 4 is 75.8 Å². The van der Waals surface area contributed by atoms with Crippen molar-refractivity contribution < 1.29 is 4.42 Å². The number of fused-ring (bicyclic) bond motifs is 20. The van der Waals surface area contributed by atoms with E-state index in [1.165, 1.54) is 126 Å². The van der Waals surface area contributed by atoms with Crippen LogP contribution in [0.1, 0.15) is 22.3 Å². The predicted octanol–water partition coefficient (Wildman–Crippen LogP) is 17.0. The smallest absolute Gasteiger partial charge is 0.136 e. The topological polar surface area (TPSA) is 13.1 Å². The molecule has 1 aromatic heterocycles. The molecule has 1 spiro atoms. The summed E-state index contributed by atoms with van der Waals surface area (Å²) in [6.45, 7) is 0. The van der Waals surface area contributed by atoms with Gasteiger partial charge in [0.2, 0.25) is 0 Å². The molecule has 2 aliphatic carbocycles. The number of hydrogen-bond donors (Lipinski definition) is 0. The van der Waals surface area contributed by atoms with Crippen LogP contribution in [0.15, 0.2) is 223 Å². The van der Waals surface area contributed by atoms with E-state index in [4.69, 9.17) is 4.42 Å². The van der Waals surface area contributed by atoms with Crippen LogP contribution in [0.2, 0.25) is 0 Å². The van der Waals surface area contributed by atoms with Crippen LogP contribution in [-0.4, -0.2) is 0 Å². The van der Waals surface area contributed by atoms with Crippen LogP contribution in [-0.2, 0) is 5.41 Å². The molecule has 0 bridgehead atoms. The van der Waals surface area contributed by atoms with Crippen molar-refractivity contribution in [3.8, 4) is 44.5 Å². The fourth-order valence-corrected chi connectivity index (χ4v) is 12.3. The Morgan fingerprint density at radius 1 is 0.281 bits per heavy atom. The van der Waals surface area contributed by atoms with E-state index in [9.17, 15) is 0 Å². The van der Waals surface area contributed by atoms with E-state index in [1.807, 2.05) is 0 Å². The van der Waals surface area contributed by atoms with E-state index >= 15 is 0 Å². The molecule has 0 aliphatic heterocycles. The minimum absolute atomic E-state index is 0.447. The Labute approximate surface area is 369 Å². The Balaban J connectivity index is 0.986. The summed E-state index contributed by atoms with van der Waals surface area (Å²) in [4.78, 5) is 0. The van der Waals surface area contributed by atoms with Gasteiger partial charge in [-0.25, -0.2) is 0 Å². The summed E-state index contributed by atoms with van der Waals surface area (Å²) in [5.41, 5.74) is 17.1. The van der Waals surface area contributed by atoms with Crippen molar-refractivity contribution in [2.75, 3.05) is 0 Å². The van der Waals surface area contributed by atoms with Gasteiger partial charge in [-0.3, -0.25) is 0 Å². The average molecular weight is 809 g/mol. The summed E-state index contributed by atoms with van der Waals surface area (Å²) in [5.74, 6) is 0. The zero-order chi connectivity index (χ0) is 41.7. The van der Waals surface area contributed by atoms with Gasteiger partial charge in [-0.05, 0) is 157 Å². The maximum Gasteiger partial charge on any atom is 0.136 e. The fourth-order valence-electron chi connectivity index (χ4n) is 12.3. The van der Waals surface area contributed by atoms with E-state index < -0.39 is 5.41 Å². The first-order valence-electron chi connectivity index (χ1n) is 22.3. The van der Waals surface area contributed by atoms with Gasteiger partial charge >= 0.3 is 0 Å². The molecule has 12 aromatic carbocycles. The fraction of sp³-hybridized carbons (Fsp3) is 0.0159. The first-order valence-corrected chi connectivity index (χ1v) is 22.3. The highest BCUT2D eigenvalue weighted by Gasteiger charge is 2.52. The van der Waals surface area contributed by atoms with Crippen LogP contribution in [0.3, 0.4) is 0 Å². The van der Waals surface area contributed by atoms with Crippen molar-refractivity contribution in [2.45, 2.75) is 5.41 Å². The standard InChI is InChI=1S/C63H36O/c1-2-15-39-36-56-52(34-38(39)14-1)51-30-25-40-33-41(26-29-44(40)62(51)63(56)54-23-11-9-17-45(54)46-18-10-12-24-55(46)63)59-47-19-5-7-21-49(47)60(50-22-8-6-20-48(50)59)42-28-31-57-53(35-42)61-43-16-4-3-13-37(43)27-32-58(61)64-57/h1-36H. The third-order valence-electron chi connectivity index (χ3n) is 14.8. The van der Waals surface area contributed by atoms with Crippen molar-refractivity contribution in [1.82, 2.24) is 0 Å². The van der Waals surface area contributed by atoms with Gasteiger partial charge < -0.3 is 4.42 Å². The minimum atomic E-state index is -0.447. The van der Waals surface area contributed by atoms with Crippen molar-refractivity contribution in [1.29, 1.82) is 0 Å². The maximum absolute atomic E-state index is 6.47. The molecular formula is C63H36O. The molecule has 0 fully saturated rings. The summed E-state index contributed by atoms with van der Waals surface area (Å²) >= 11 is 0. The highest BCUT2D eigenvalue weighted by atomic mass is 16.3. The maximum atomic E-state index is 6.47. The van der Waals surface area contributed by atoms with E-state index in [-0.39, 0.29) is 0 Å². The first-order chi connectivity index (χ1) is 31.7. The lowest BCUT2D eigenvalue weighted by Gasteiger charge is -2.31. The molecule has 64 heavy (non-hydrogen) atoms. The van der Waals surface area contributed by atoms with Gasteiger partial charge in [0.25, 0.3) is 0 Å². The average Bonchev–Trinajstić information content (AvgIpc) is 3.98. The van der Waals surface area contributed by atoms with Crippen LogP contribution in [0.4, 0.5) is 0 Å². The molecule has 0 saturated carbocycles. The number of benzene rings is 12. The van der Waals surface area contributed by atoms with Gasteiger partial charge in [0.05, 0.1) is 5.41 Å². The van der Waals surface area contributed by atoms with Gasteiger partial charge in [-0.1, -0.05) is 182 Å². The first kappa shape index (κ1) is 34.3. The second-order valence-corrected chi connectivity index (χ2v) is 17.8. The Bertz CT molecular complexity index is 4100. The lowest BCUT2D eigenvalue weighted by atomic mass is 9.69. The molecule has 0 atom stereocenters. The predicted molar refractivity (Wildman–Crippen MR) is 268 cm³/mol. The largest absolute Gasteiger partial charge is 0.456 e. The molecule has 0 radical (unpaired) electrons. The summed E-state index contributed by atoms with van der Waals surface area (Å²) in [6, 6.07) is 81.7. The minimum Gasteiger partial charge on any atom is -0.456 e. The number of rotatable bonds is 2. The van der Waals surface area contributed by atoms with Crippen molar-refractivity contribution in [3.05, 3.63) is 241 Å². The molecule has 294 valence electrons. The summed E-state index contributed by atoms with van der Waals surface area (Å²) in [7, 11) is 0. The molecule has 2 aliphatic rings. The molecule has 0 saturated heterocycles. The van der Waals surface area contributed by atoms with Gasteiger partial charge in [-0.2, -0.15) is 0 Å². The second-order valence-electron chi connectivity index (χ2n) is 17.8. The lowest BCUT2D eigenvalue weighted by molar-refractivity contribution is 0.669. The van der Waals surface area contributed by atoms with E-state index in [2.05, 4.69) is 218 Å². The summed E-state index contributed by atoms with van der Waals surface area (Å²) in [6.07, 6.45) is 0. The molecule has 0 unspecified atom stereocenters. The lowest BCUT2D eigenvalue weighted by Crippen LogP contribution is -2.26. The Hall–Kier alpha value is -8.26. The SMILES string of the molecule is c1ccc2c(c1)-c1ccccc1C21c2cc3ccccc3cc2-c2ccc3cc(-c4c5ccccc5c(-c5ccc6oc7ccc8ccccc8c7c6c5)c5ccccc45)ccc3c21. The van der Waals surface area contributed by atoms with Crippen molar-refractivity contribution in [3.63, 3.8) is 0 Å². The third-order valence-corrected chi connectivity index (χ3v) is 14.8. The molecule has 1 heteroatoms. The van der Waals surface area contributed by atoms with Crippen LogP contribution < -0.4 is 0 Å². The third kappa shape index (κ3) is 4.33. The number of furan rings is 1. The van der Waals surface area contributed by atoms with E-state index in [1.54, 1.807) is 0 Å². The summed E-state index contributed by atoms with van der Waals surface area (Å²) in [5, 5.41) is 14.8. The molecule has 0 N–H and O–H groups in total. The van der Waals surface area contributed by atoms with Crippen LogP contribution in [0.25, 0.3) is 120 Å². The van der Waals surface area contributed by atoms with Crippen LogP contribution in [0.5, 0.6) is 0 Å². The Morgan fingerprint density at radius 2 is 0.812 bits per heavy atom. The molecular weight excluding hydrogens is 773 g/mol. The van der Waals surface area contributed by atoms with E-state index in [0.717, 1.165) is 16.6 Å². The Morgan fingerprint density at radius 3 is 1.50 bits per heavy atom. The zero-order valence-electron chi connectivity index (χ0n) is 34.7. The van der Waals surface area contributed by atoms with Gasteiger partial charge in [0, 0.05) is 10.8 Å². The monoisotopic (exact) mass is 808 g/mol. The molecule has 1 heterocycles. The van der Waals surface area contributed by atoms with Crippen LogP contribution in [0, 0.1) is 0 Å². The van der Waals surface area contributed by atoms with Gasteiger partial charge in [0.15, 0.2) is 0 Å². The quantitative estimate of drug-likeness (QED) is 0.159. The molecule has 13 aromatic rings. The normalized spacial score (nSPS) is 13.4. The van der Waals surface area contributed by atoms with Crippen molar-refractivity contribution in [2.24, 2.45) is 0 Å². The number of hydrogen-bond acceptors (Lipinski definition) is 1. The molecule has 0 amide bonds.